The molecule has 6 nitrogen and oxygen atoms in total. The van der Waals surface area contributed by atoms with E-state index in [-0.39, 0.29) is 10.5 Å². The number of amides is 1. The number of anilines is 1. The van der Waals surface area contributed by atoms with E-state index in [0.29, 0.717) is 10.7 Å². The smallest absolute Gasteiger partial charge is 0.338 e. The molecule has 0 spiro atoms. The lowest BCUT2D eigenvalue weighted by Crippen LogP contribution is -2.21. The van der Waals surface area contributed by atoms with Crippen molar-refractivity contribution in [3.8, 4) is 0 Å². The molecule has 0 radical (unpaired) electrons. The second-order valence-electron chi connectivity index (χ2n) is 5.38. The van der Waals surface area contributed by atoms with Gasteiger partial charge in [0.25, 0.3) is 5.91 Å². The van der Waals surface area contributed by atoms with E-state index in [2.05, 4.69) is 5.32 Å². The highest BCUT2D eigenvalue weighted by Gasteiger charge is 2.13. The van der Waals surface area contributed by atoms with E-state index in [1.165, 1.54) is 24.3 Å². The molecule has 0 heterocycles. The van der Waals surface area contributed by atoms with Crippen LogP contribution in [0.3, 0.4) is 0 Å². The summed E-state index contributed by atoms with van der Waals surface area (Å²) in [5.41, 5.74) is 1.51. The number of esters is 1. The first kappa shape index (κ1) is 19.0. The standard InChI is InChI=1S/C17H16ClNO5S/c1-11-9-13(18)5-8-15(11)19-16(20)10-24-17(21)12-3-6-14(7-4-12)25(2,22)23/h3-9H,10H2,1-2H3,(H,19,20). The number of hydrogen-bond donors (Lipinski definition) is 1. The van der Waals surface area contributed by atoms with Crippen LogP contribution in [0.15, 0.2) is 47.4 Å². The number of sulfone groups is 1. The SMILES string of the molecule is Cc1cc(Cl)ccc1NC(=O)COC(=O)c1ccc(S(C)(=O)=O)cc1. The number of benzene rings is 2. The maximum absolute atomic E-state index is 11.9. The molecular weight excluding hydrogens is 366 g/mol. The molecule has 0 saturated heterocycles. The van der Waals surface area contributed by atoms with Crippen LogP contribution in [0.4, 0.5) is 5.69 Å². The van der Waals surface area contributed by atoms with Crippen LogP contribution in [0.25, 0.3) is 0 Å². The van der Waals surface area contributed by atoms with Crippen molar-refractivity contribution in [3.63, 3.8) is 0 Å². The van der Waals surface area contributed by atoms with Gasteiger partial charge in [0.05, 0.1) is 10.5 Å². The summed E-state index contributed by atoms with van der Waals surface area (Å²) >= 11 is 5.84. The third-order valence-corrected chi connectivity index (χ3v) is 4.68. The molecule has 0 aliphatic carbocycles. The average Bonchev–Trinajstić information content (AvgIpc) is 2.54. The highest BCUT2D eigenvalue weighted by molar-refractivity contribution is 7.90. The first-order valence-electron chi connectivity index (χ1n) is 7.20. The van der Waals surface area contributed by atoms with Crippen molar-refractivity contribution >= 4 is 39.0 Å². The first-order chi connectivity index (χ1) is 11.7. The number of aryl methyl sites for hydroxylation is 1. The van der Waals surface area contributed by atoms with E-state index in [0.717, 1.165) is 11.8 Å². The number of carbonyl (C=O) groups excluding carboxylic acids is 2. The van der Waals surface area contributed by atoms with Crippen molar-refractivity contribution in [1.29, 1.82) is 0 Å². The van der Waals surface area contributed by atoms with Gasteiger partial charge in [-0.1, -0.05) is 11.6 Å². The molecule has 0 aliphatic heterocycles. The molecule has 0 fully saturated rings. The second-order valence-corrected chi connectivity index (χ2v) is 7.83. The van der Waals surface area contributed by atoms with Crippen molar-refractivity contribution < 1.29 is 22.7 Å². The van der Waals surface area contributed by atoms with Crippen LogP contribution >= 0.6 is 11.6 Å². The average molecular weight is 382 g/mol. The van der Waals surface area contributed by atoms with Crippen molar-refractivity contribution in [2.24, 2.45) is 0 Å². The minimum atomic E-state index is -3.34. The lowest BCUT2D eigenvalue weighted by molar-refractivity contribution is -0.119. The summed E-state index contributed by atoms with van der Waals surface area (Å²) in [7, 11) is -3.34. The molecule has 1 amide bonds. The van der Waals surface area contributed by atoms with Gasteiger partial charge < -0.3 is 10.1 Å². The molecule has 2 aromatic rings. The topological polar surface area (TPSA) is 89.5 Å². The number of hydrogen-bond acceptors (Lipinski definition) is 5. The number of rotatable bonds is 5. The molecule has 8 heteroatoms. The van der Waals surface area contributed by atoms with Gasteiger partial charge in [-0.15, -0.1) is 0 Å². The van der Waals surface area contributed by atoms with Crippen LogP contribution in [0, 0.1) is 6.92 Å². The van der Waals surface area contributed by atoms with Crippen LogP contribution in [-0.2, 0) is 19.4 Å². The summed E-state index contributed by atoms with van der Waals surface area (Å²) in [4.78, 5) is 23.9. The van der Waals surface area contributed by atoms with E-state index in [4.69, 9.17) is 16.3 Å². The molecule has 0 unspecified atom stereocenters. The third-order valence-electron chi connectivity index (χ3n) is 3.32. The zero-order valence-corrected chi connectivity index (χ0v) is 15.1. The highest BCUT2D eigenvalue weighted by Crippen LogP contribution is 2.19. The predicted octanol–water partition coefficient (Wildman–Crippen LogP) is 2.85. The summed E-state index contributed by atoms with van der Waals surface area (Å²) in [5, 5.41) is 3.17. The van der Waals surface area contributed by atoms with Crippen LogP contribution < -0.4 is 5.32 Å². The lowest BCUT2D eigenvalue weighted by atomic mass is 10.2. The second kappa shape index (κ2) is 7.67. The minimum Gasteiger partial charge on any atom is -0.452 e. The summed E-state index contributed by atoms with van der Waals surface area (Å²) in [5.74, 6) is -1.21. The van der Waals surface area contributed by atoms with Gasteiger partial charge in [-0.3, -0.25) is 4.79 Å². The molecule has 0 saturated carbocycles. The number of nitrogens with one attached hydrogen (secondary N) is 1. The first-order valence-corrected chi connectivity index (χ1v) is 9.47. The Hall–Kier alpha value is -2.38. The van der Waals surface area contributed by atoms with Crippen molar-refractivity contribution in [3.05, 3.63) is 58.6 Å². The summed E-state index contributed by atoms with van der Waals surface area (Å²) in [6, 6.07) is 10.3. The number of halogens is 1. The fourth-order valence-electron chi connectivity index (χ4n) is 2.01. The lowest BCUT2D eigenvalue weighted by Gasteiger charge is -2.09. The number of carbonyl (C=O) groups is 2. The Balaban J connectivity index is 1.94. The molecule has 2 aromatic carbocycles. The van der Waals surface area contributed by atoms with Gasteiger partial charge in [-0.05, 0) is 55.0 Å². The summed E-state index contributed by atoms with van der Waals surface area (Å²) < 4.78 is 27.7. The number of ether oxygens (including phenoxy) is 1. The summed E-state index contributed by atoms with van der Waals surface area (Å²) in [6.07, 6.45) is 1.07. The van der Waals surface area contributed by atoms with Crippen LogP contribution in [0.5, 0.6) is 0 Å². The normalized spacial score (nSPS) is 11.0. The van der Waals surface area contributed by atoms with Gasteiger partial charge in [-0.25, -0.2) is 13.2 Å². The molecular formula is C17H16ClNO5S. The molecule has 0 aromatic heterocycles. The maximum Gasteiger partial charge on any atom is 0.338 e. The maximum atomic E-state index is 11.9. The molecule has 0 aliphatic rings. The molecule has 1 N–H and O–H groups in total. The monoisotopic (exact) mass is 381 g/mol. The van der Waals surface area contributed by atoms with Gasteiger partial charge in [0.1, 0.15) is 0 Å². The van der Waals surface area contributed by atoms with E-state index >= 15 is 0 Å². The van der Waals surface area contributed by atoms with E-state index < -0.39 is 28.3 Å². The van der Waals surface area contributed by atoms with E-state index in [1.54, 1.807) is 25.1 Å². The summed E-state index contributed by atoms with van der Waals surface area (Å²) in [6.45, 7) is 1.32. The van der Waals surface area contributed by atoms with Crippen LogP contribution in [-0.4, -0.2) is 33.2 Å². The highest BCUT2D eigenvalue weighted by atomic mass is 35.5. The predicted molar refractivity (Wildman–Crippen MR) is 94.7 cm³/mol. The largest absolute Gasteiger partial charge is 0.452 e. The van der Waals surface area contributed by atoms with E-state index in [1.807, 2.05) is 0 Å². The van der Waals surface area contributed by atoms with Crippen molar-refractivity contribution in [1.82, 2.24) is 0 Å². The van der Waals surface area contributed by atoms with Gasteiger partial charge in [0, 0.05) is 17.0 Å². The Kier molecular flexibility index (Phi) is 5.81. The quantitative estimate of drug-likeness (QED) is 0.804. The molecule has 2 rings (SSSR count). The fraction of sp³-hybridized carbons (Fsp3) is 0.176. The third kappa shape index (κ3) is 5.30. The van der Waals surface area contributed by atoms with Crippen molar-refractivity contribution in [2.45, 2.75) is 11.8 Å². The fourth-order valence-corrected chi connectivity index (χ4v) is 2.86. The molecule has 0 atom stereocenters. The molecule has 25 heavy (non-hydrogen) atoms. The zero-order valence-electron chi connectivity index (χ0n) is 13.6. The van der Waals surface area contributed by atoms with Gasteiger partial charge >= 0.3 is 5.97 Å². The van der Waals surface area contributed by atoms with Gasteiger partial charge in [0.2, 0.25) is 0 Å². The Labute approximate surface area is 150 Å². The van der Waals surface area contributed by atoms with Crippen LogP contribution in [0.1, 0.15) is 15.9 Å². The van der Waals surface area contributed by atoms with Gasteiger partial charge in [-0.2, -0.15) is 0 Å². The van der Waals surface area contributed by atoms with Crippen LogP contribution in [0.2, 0.25) is 5.02 Å². The Morgan fingerprint density at radius 3 is 2.32 bits per heavy atom. The minimum absolute atomic E-state index is 0.0972. The Bertz CT molecular complexity index is 907. The van der Waals surface area contributed by atoms with Gasteiger partial charge in [0.15, 0.2) is 16.4 Å². The van der Waals surface area contributed by atoms with E-state index in [9.17, 15) is 18.0 Å². The molecule has 132 valence electrons. The Morgan fingerprint density at radius 2 is 1.76 bits per heavy atom. The molecule has 0 bridgehead atoms. The Morgan fingerprint density at radius 1 is 1.12 bits per heavy atom. The zero-order chi connectivity index (χ0) is 18.6. The van der Waals surface area contributed by atoms with Crippen molar-refractivity contribution in [2.75, 3.05) is 18.2 Å².